The quantitative estimate of drug-likeness (QED) is 0.438. The monoisotopic (exact) mass is 303 g/mol. The fraction of sp³-hybridized carbons (Fsp3) is 0.0667. The first-order valence-corrected chi connectivity index (χ1v) is 6.20. The van der Waals surface area contributed by atoms with Crippen molar-refractivity contribution in [3.8, 4) is 11.5 Å². The molecule has 0 atom stereocenters. The lowest BCUT2D eigenvalue weighted by Gasteiger charge is -2.02. The lowest BCUT2D eigenvalue weighted by atomic mass is 10.1. The van der Waals surface area contributed by atoms with E-state index in [0.29, 0.717) is 5.56 Å². The molecule has 0 spiro atoms. The number of nitrogen functional groups attached to an aromatic ring is 1. The number of phenolic OH excluding ortho intramolecular Hbond substituents is 1. The molecular formula is C15H13NO6. The van der Waals surface area contributed by atoms with Crippen LogP contribution in [0.2, 0.25) is 0 Å². The third kappa shape index (κ3) is 3.74. The van der Waals surface area contributed by atoms with Crippen LogP contribution in [0, 0.1) is 0 Å². The summed E-state index contributed by atoms with van der Waals surface area (Å²) in [5.41, 5.74) is 5.88. The molecule has 2 rings (SSSR count). The molecule has 4 N–H and O–H groups in total. The van der Waals surface area contributed by atoms with E-state index < -0.39 is 18.0 Å². The first kappa shape index (κ1) is 15.3. The Morgan fingerprint density at radius 3 is 2.77 bits per heavy atom. The van der Waals surface area contributed by atoms with Crippen molar-refractivity contribution in [1.29, 1.82) is 0 Å². The summed E-state index contributed by atoms with van der Waals surface area (Å²) in [6.45, 7) is -0.427. The highest BCUT2D eigenvalue weighted by Gasteiger charge is 2.08. The molecule has 2 aromatic rings. The highest BCUT2D eigenvalue weighted by Crippen LogP contribution is 2.19. The van der Waals surface area contributed by atoms with Gasteiger partial charge in [0.15, 0.2) is 0 Å². The van der Waals surface area contributed by atoms with E-state index in [-0.39, 0.29) is 22.9 Å². The summed E-state index contributed by atoms with van der Waals surface area (Å²) in [4.78, 5) is 23.2. The Morgan fingerprint density at radius 1 is 1.36 bits per heavy atom. The van der Waals surface area contributed by atoms with Gasteiger partial charge >= 0.3 is 5.97 Å². The minimum absolute atomic E-state index is 0.0128. The number of rotatable bonds is 4. The van der Waals surface area contributed by atoms with Gasteiger partial charge in [-0.3, -0.25) is 4.79 Å². The summed E-state index contributed by atoms with van der Waals surface area (Å²) >= 11 is 0. The lowest BCUT2D eigenvalue weighted by molar-refractivity contribution is -0.129. The van der Waals surface area contributed by atoms with E-state index in [1.54, 1.807) is 0 Å². The average molecular weight is 303 g/mol. The lowest BCUT2D eigenvalue weighted by Crippen LogP contribution is -2.12. The van der Waals surface area contributed by atoms with Crippen LogP contribution in [0.25, 0.3) is 6.08 Å². The maximum atomic E-state index is 11.6. The van der Waals surface area contributed by atoms with E-state index in [0.717, 1.165) is 18.4 Å². The average Bonchev–Trinajstić information content (AvgIpc) is 2.48. The highest BCUT2D eigenvalue weighted by atomic mass is 16.5. The molecule has 1 heterocycles. The van der Waals surface area contributed by atoms with E-state index in [1.807, 2.05) is 0 Å². The standard InChI is InChI=1S/C15H13NO6/c16-12-5-10(18)3-1-9(12)2-4-15(20)22-14-8-21-11(7-17)6-13(14)19/h1-6,8,17-18H,7,16H2. The Kier molecular flexibility index (Phi) is 4.60. The summed E-state index contributed by atoms with van der Waals surface area (Å²) < 4.78 is 9.71. The van der Waals surface area contributed by atoms with Gasteiger partial charge in [0, 0.05) is 23.9 Å². The minimum atomic E-state index is -0.795. The van der Waals surface area contributed by atoms with E-state index in [2.05, 4.69) is 0 Å². The molecule has 1 aromatic carbocycles. The van der Waals surface area contributed by atoms with E-state index in [9.17, 15) is 14.7 Å². The zero-order chi connectivity index (χ0) is 16.1. The van der Waals surface area contributed by atoms with Gasteiger partial charge in [-0.25, -0.2) is 4.79 Å². The zero-order valence-electron chi connectivity index (χ0n) is 11.4. The summed E-state index contributed by atoms with van der Waals surface area (Å²) in [6, 6.07) is 5.32. The Hall–Kier alpha value is -3.06. The first-order valence-electron chi connectivity index (χ1n) is 6.20. The number of carbonyl (C=O) groups is 1. The van der Waals surface area contributed by atoms with Crippen LogP contribution in [0.5, 0.6) is 11.5 Å². The van der Waals surface area contributed by atoms with Crippen LogP contribution in [-0.2, 0) is 11.4 Å². The summed E-state index contributed by atoms with van der Waals surface area (Å²) in [5, 5.41) is 18.0. The van der Waals surface area contributed by atoms with Crippen LogP contribution in [0.4, 0.5) is 5.69 Å². The maximum absolute atomic E-state index is 11.6. The zero-order valence-corrected chi connectivity index (χ0v) is 11.4. The molecule has 0 aliphatic heterocycles. The Balaban J connectivity index is 2.10. The van der Waals surface area contributed by atoms with Crippen LogP contribution >= 0.6 is 0 Å². The number of aliphatic hydroxyl groups excluding tert-OH is 1. The fourth-order valence-electron chi connectivity index (χ4n) is 1.61. The van der Waals surface area contributed by atoms with Gasteiger partial charge in [-0.1, -0.05) is 0 Å². The highest BCUT2D eigenvalue weighted by molar-refractivity contribution is 5.89. The third-order valence-corrected chi connectivity index (χ3v) is 2.69. The second kappa shape index (κ2) is 6.59. The van der Waals surface area contributed by atoms with E-state index in [1.165, 1.54) is 24.3 Å². The van der Waals surface area contributed by atoms with Crippen molar-refractivity contribution in [3.63, 3.8) is 0 Å². The number of ether oxygens (including phenoxy) is 1. The predicted octanol–water partition coefficient (Wildman–Crippen LogP) is 1.04. The number of aliphatic hydroxyl groups is 1. The summed E-state index contributed by atoms with van der Waals surface area (Å²) in [5.74, 6) is -1.00. The SMILES string of the molecule is Nc1cc(O)ccc1C=CC(=O)Oc1coc(CO)cc1=O. The number of aromatic hydroxyl groups is 1. The number of hydrogen-bond acceptors (Lipinski definition) is 7. The van der Waals surface area contributed by atoms with Crippen molar-refractivity contribution in [1.82, 2.24) is 0 Å². The number of carbonyl (C=O) groups excluding carboxylic acids is 1. The number of nitrogens with two attached hydrogens (primary N) is 1. The number of benzene rings is 1. The predicted molar refractivity (Wildman–Crippen MR) is 78.1 cm³/mol. The molecule has 0 aliphatic rings. The molecule has 7 heteroatoms. The fourth-order valence-corrected chi connectivity index (χ4v) is 1.61. The molecule has 114 valence electrons. The van der Waals surface area contributed by atoms with Gasteiger partial charge in [-0.15, -0.1) is 0 Å². The molecule has 0 saturated carbocycles. The molecule has 0 unspecified atom stereocenters. The second-order valence-corrected chi connectivity index (χ2v) is 4.30. The molecular weight excluding hydrogens is 290 g/mol. The summed E-state index contributed by atoms with van der Waals surface area (Å²) in [6.07, 6.45) is 3.43. The number of hydrogen-bond donors (Lipinski definition) is 3. The van der Waals surface area contributed by atoms with Gasteiger partial charge in [-0.05, 0) is 23.8 Å². The van der Waals surface area contributed by atoms with Crippen molar-refractivity contribution >= 4 is 17.7 Å². The third-order valence-electron chi connectivity index (χ3n) is 2.69. The number of anilines is 1. The van der Waals surface area contributed by atoms with Crippen molar-refractivity contribution in [3.05, 3.63) is 58.2 Å². The smallest absolute Gasteiger partial charge is 0.336 e. The van der Waals surface area contributed by atoms with Crippen molar-refractivity contribution < 1.29 is 24.2 Å². The Bertz CT molecular complexity index is 778. The largest absolute Gasteiger partial charge is 0.508 e. The number of esters is 1. The van der Waals surface area contributed by atoms with Gasteiger partial charge in [-0.2, -0.15) is 0 Å². The van der Waals surface area contributed by atoms with Gasteiger partial charge in [0.2, 0.25) is 11.2 Å². The summed E-state index contributed by atoms with van der Waals surface area (Å²) in [7, 11) is 0. The van der Waals surface area contributed by atoms with Gasteiger partial charge in [0.25, 0.3) is 0 Å². The van der Waals surface area contributed by atoms with Crippen molar-refractivity contribution in [2.45, 2.75) is 6.61 Å². The van der Waals surface area contributed by atoms with Crippen molar-refractivity contribution in [2.24, 2.45) is 0 Å². The molecule has 0 saturated heterocycles. The van der Waals surface area contributed by atoms with E-state index >= 15 is 0 Å². The second-order valence-electron chi connectivity index (χ2n) is 4.30. The van der Waals surface area contributed by atoms with Gasteiger partial charge in [0.05, 0.1) is 0 Å². The van der Waals surface area contributed by atoms with Gasteiger partial charge in [0.1, 0.15) is 24.4 Å². The van der Waals surface area contributed by atoms with Crippen molar-refractivity contribution in [2.75, 3.05) is 5.73 Å². The Labute approximate surface area is 124 Å². The molecule has 0 bridgehead atoms. The molecule has 7 nitrogen and oxygen atoms in total. The normalized spacial score (nSPS) is 10.8. The topological polar surface area (TPSA) is 123 Å². The molecule has 0 fully saturated rings. The molecule has 22 heavy (non-hydrogen) atoms. The van der Waals surface area contributed by atoms with Crippen LogP contribution in [-0.4, -0.2) is 16.2 Å². The van der Waals surface area contributed by atoms with Crippen LogP contribution in [0.15, 0.2) is 45.8 Å². The Morgan fingerprint density at radius 2 is 2.14 bits per heavy atom. The maximum Gasteiger partial charge on any atom is 0.336 e. The van der Waals surface area contributed by atoms with Crippen LogP contribution in [0.3, 0.4) is 0 Å². The molecule has 1 aromatic heterocycles. The molecule has 0 amide bonds. The van der Waals surface area contributed by atoms with E-state index in [4.69, 9.17) is 20.0 Å². The molecule has 0 aliphatic carbocycles. The molecule has 0 radical (unpaired) electrons. The number of phenols is 1. The first-order chi connectivity index (χ1) is 10.5. The minimum Gasteiger partial charge on any atom is -0.508 e. The van der Waals surface area contributed by atoms with Gasteiger partial charge < -0.3 is 25.1 Å². The van der Waals surface area contributed by atoms with Crippen LogP contribution < -0.4 is 15.9 Å². The van der Waals surface area contributed by atoms with Crippen LogP contribution in [0.1, 0.15) is 11.3 Å².